The smallest absolute Gasteiger partial charge is 0.0998 e. The number of nitriles is 1. The molecule has 0 fully saturated rings. The van der Waals surface area contributed by atoms with Gasteiger partial charge in [0.15, 0.2) is 0 Å². The molecule has 2 aromatic carbocycles. The predicted octanol–water partition coefficient (Wildman–Crippen LogP) is 4.89. The molecule has 0 aliphatic rings. The lowest BCUT2D eigenvalue weighted by Crippen LogP contribution is -1.81. The maximum atomic E-state index is 9.36. The summed E-state index contributed by atoms with van der Waals surface area (Å²) in [5.41, 5.74) is 3.55. The Morgan fingerprint density at radius 2 is 1.85 bits per heavy atom. The van der Waals surface area contributed by atoms with Crippen molar-refractivity contribution in [2.24, 2.45) is 0 Å². The molecule has 1 aromatic heterocycles. The molecule has 0 bridgehead atoms. The molecule has 20 heavy (non-hydrogen) atoms. The summed E-state index contributed by atoms with van der Waals surface area (Å²) in [4.78, 5) is 3.20. The molecule has 0 radical (unpaired) electrons. The fourth-order valence-electron chi connectivity index (χ4n) is 2.18. The van der Waals surface area contributed by atoms with E-state index in [0.717, 1.165) is 22.0 Å². The van der Waals surface area contributed by atoms with Gasteiger partial charge in [0, 0.05) is 27.7 Å². The van der Waals surface area contributed by atoms with Crippen molar-refractivity contribution in [3.05, 3.63) is 70.9 Å². The van der Waals surface area contributed by atoms with Gasteiger partial charge in [0.2, 0.25) is 0 Å². The molecule has 0 aliphatic carbocycles. The standard InChI is InChI=1S/C17H11ClN2/c18-15-7-5-12(6-8-15)13(10-19)9-14-11-20-17-4-2-1-3-16(14)17/h1-9,11,20H/b13-9-. The number of aromatic nitrogens is 1. The van der Waals surface area contributed by atoms with E-state index in [9.17, 15) is 5.26 Å². The zero-order valence-electron chi connectivity index (χ0n) is 10.6. The highest BCUT2D eigenvalue weighted by Crippen LogP contribution is 2.24. The fourth-order valence-corrected chi connectivity index (χ4v) is 2.30. The molecular formula is C17H11ClN2. The van der Waals surface area contributed by atoms with Gasteiger partial charge in [-0.15, -0.1) is 0 Å². The van der Waals surface area contributed by atoms with Crippen LogP contribution in [0.2, 0.25) is 5.02 Å². The predicted molar refractivity (Wildman–Crippen MR) is 83.2 cm³/mol. The molecule has 1 heterocycles. The van der Waals surface area contributed by atoms with E-state index in [2.05, 4.69) is 11.1 Å². The second-order valence-corrected chi connectivity index (χ2v) is 4.90. The topological polar surface area (TPSA) is 39.6 Å². The number of halogens is 1. The first kappa shape index (κ1) is 12.5. The lowest BCUT2D eigenvalue weighted by atomic mass is 10.0. The number of nitrogens with zero attached hydrogens (tertiary/aromatic N) is 1. The third-order valence-corrected chi connectivity index (χ3v) is 3.45. The van der Waals surface area contributed by atoms with Gasteiger partial charge in [-0.1, -0.05) is 41.9 Å². The van der Waals surface area contributed by atoms with Gasteiger partial charge < -0.3 is 4.98 Å². The van der Waals surface area contributed by atoms with E-state index in [-0.39, 0.29) is 0 Å². The third-order valence-electron chi connectivity index (χ3n) is 3.20. The number of aromatic amines is 1. The van der Waals surface area contributed by atoms with Crippen LogP contribution in [-0.2, 0) is 0 Å². The lowest BCUT2D eigenvalue weighted by molar-refractivity contribution is 1.47. The van der Waals surface area contributed by atoms with E-state index < -0.39 is 0 Å². The van der Waals surface area contributed by atoms with Crippen LogP contribution in [0.15, 0.2) is 54.7 Å². The van der Waals surface area contributed by atoms with E-state index >= 15 is 0 Å². The van der Waals surface area contributed by atoms with Gasteiger partial charge in [0.25, 0.3) is 0 Å². The number of benzene rings is 2. The van der Waals surface area contributed by atoms with Crippen LogP contribution < -0.4 is 0 Å². The monoisotopic (exact) mass is 278 g/mol. The molecule has 2 nitrogen and oxygen atoms in total. The van der Waals surface area contributed by atoms with Gasteiger partial charge in [-0.2, -0.15) is 5.26 Å². The summed E-state index contributed by atoms with van der Waals surface area (Å²) in [5.74, 6) is 0. The fraction of sp³-hybridized carbons (Fsp3) is 0. The van der Waals surface area contributed by atoms with E-state index in [1.165, 1.54) is 0 Å². The molecule has 0 atom stereocenters. The summed E-state index contributed by atoms with van der Waals surface area (Å²) in [7, 11) is 0. The maximum absolute atomic E-state index is 9.36. The Bertz CT molecular complexity index is 820. The van der Waals surface area contributed by atoms with Gasteiger partial charge >= 0.3 is 0 Å². The molecule has 0 amide bonds. The molecule has 3 rings (SSSR count). The largest absolute Gasteiger partial charge is 0.361 e. The molecule has 96 valence electrons. The number of hydrogen-bond donors (Lipinski definition) is 1. The van der Waals surface area contributed by atoms with Crippen molar-refractivity contribution in [3.63, 3.8) is 0 Å². The molecule has 0 spiro atoms. The maximum Gasteiger partial charge on any atom is 0.0998 e. The van der Waals surface area contributed by atoms with Crippen molar-refractivity contribution >= 4 is 34.2 Å². The molecule has 3 heteroatoms. The van der Waals surface area contributed by atoms with Crippen LogP contribution >= 0.6 is 11.6 Å². The minimum Gasteiger partial charge on any atom is -0.361 e. The molecular weight excluding hydrogens is 268 g/mol. The molecule has 0 aliphatic heterocycles. The highest BCUT2D eigenvalue weighted by Gasteiger charge is 2.04. The first-order valence-corrected chi connectivity index (χ1v) is 6.59. The first-order chi connectivity index (χ1) is 9.78. The first-order valence-electron chi connectivity index (χ1n) is 6.22. The second kappa shape index (κ2) is 5.24. The Morgan fingerprint density at radius 3 is 2.60 bits per heavy atom. The van der Waals surface area contributed by atoms with E-state index in [0.29, 0.717) is 10.6 Å². The van der Waals surface area contributed by atoms with Crippen LogP contribution in [0.4, 0.5) is 0 Å². The quantitative estimate of drug-likeness (QED) is 0.666. The average Bonchev–Trinajstić information content (AvgIpc) is 2.89. The number of H-pyrrole nitrogens is 1. The number of rotatable bonds is 2. The van der Waals surface area contributed by atoms with Gasteiger partial charge in [-0.05, 0) is 29.8 Å². The van der Waals surface area contributed by atoms with Crippen molar-refractivity contribution < 1.29 is 0 Å². The number of para-hydroxylation sites is 1. The Balaban J connectivity index is 2.09. The summed E-state index contributed by atoms with van der Waals surface area (Å²) >= 11 is 5.87. The van der Waals surface area contributed by atoms with Gasteiger partial charge in [-0.3, -0.25) is 0 Å². The van der Waals surface area contributed by atoms with Crippen LogP contribution in [0.3, 0.4) is 0 Å². The summed E-state index contributed by atoms with van der Waals surface area (Å²) in [5, 5.41) is 11.1. The van der Waals surface area contributed by atoms with Gasteiger partial charge in [0.05, 0.1) is 11.6 Å². The Morgan fingerprint density at radius 1 is 1.10 bits per heavy atom. The molecule has 3 aromatic rings. The number of hydrogen-bond acceptors (Lipinski definition) is 1. The van der Waals surface area contributed by atoms with Crippen molar-refractivity contribution in [3.8, 4) is 6.07 Å². The molecule has 0 unspecified atom stereocenters. The van der Waals surface area contributed by atoms with Crippen molar-refractivity contribution in [2.45, 2.75) is 0 Å². The summed E-state index contributed by atoms with van der Waals surface area (Å²) in [6.45, 7) is 0. The Hall–Kier alpha value is -2.50. The van der Waals surface area contributed by atoms with Crippen molar-refractivity contribution in [1.82, 2.24) is 4.98 Å². The third kappa shape index (κ3) is 2.32. The highest BCUT2D eigenvalue weighted by molar-refractivity contribution is 6.30. The Labute approximate surface area is 121 Å². The van der Waals surface area contributed by atoms with Crippen LogP contribution in [0.1, 0.15) is 11.1 Å². The zero-order valence-corrected chi connectivity index (χ0v) is 11.4. The molecule has 1 N–H and O–H groups in total. The van der Waals surface area contributed by atoms with E-state index in [4.69, 9.17) is 11.6 Å². The minimum atomic E-state index is 0.617. The summed E-state index contributed by atoms with van der Waals surface area (Å²) in [6, 6.07) is 17.6. The molecule has 0 saturated heterocycles. The van der Waals surface area contributed by atoms with E-state index in [1.54, 1.807) is 12.1 Å². The zero-order chi connectivity index (χ0) is 13.9. The number of fused-ring (bicyclic) bond motifs is 1. The normalized spacial score (nSPS) is 11.5. The van der Waals surface area contributed by atoms with E-state index in [1.807, 2.05) is 48.7 Å². The Kier molecular flexibility index (Phi) is 3.28. The van der Waals surface area contributed by atoms with Gasteiger partial charge in [0.1, 0.15) is 0 Å². The summed E-state index contributed by atoms with van der Waals surface area (Å²) < 4.78 is 0. The van der Waals surface area contributed by atoms with Crippen molar-refractivity contribution in [2.75, 3.05) is 0 Å². The average molecular weight is 279 g/mol. The lowest BCUT2D eigenvalue weighted by Gasteiger charge is -1.99. The highest BCUT2D eigenvalue weighted by atomic mass is 35.5. The minimum absolute atomic E-state index is 0.617. The van der Waals surface area contributed by atoms with Crippen molar-refractivity contribution in [1.29, 1.82) is 5.26 Å². The van der Waals surface area contributed by atoms with Crippen LogP contribution in [0.25, 0.3) is 22.6 Å². The van der Waals surface area contributed by atoms with Crippen LogP contribution in [0.5, 0.6) is 0 Å². The number of allylic oxidation sites excluding steroid dienone is 1. The summed E-state index contributed by atoms with van der Waals surface area (Å²) in [6.07, 6.45) is 3.81. The second-order valence-electron chi connectivity index (χ2n) is 4.47. The van der Waals surface area contributed by atoms with Gasteiger partial charge in [-0.25, -0.2) is 0 Å². The van der Waals surface area contributed by atoms with Crippen LogP contribution in [0, 0.1) is 11.3 Å². The molecule has 0 saturated carbocycles. The van der Waals surface area contributed by atoms with Crippen LogP contribution in [-0.4, -0.2) is 4.98 Å². The number of nitrogens with one attached hydrogen (secondary N) is 1. The SMILES string of the molecule is N#C/C(=C/c1c[nH]c2ccccc12)c1ccc(Cl)cc1.